The molecule has 2 heterocycles. The van der Waals surface area contributed by atoms with Gasteiger partial charge in [0.15, 0.2) is 5.69 Å². The molecular formula is C37H53BrCl2N4O. The second-order valence-electron chi connectivity index (χ2n) is 16.2. The number of carbonyl (C=O) groups excluding carboxylic acids is 1. The van der Waals surface area contributed by atoms with Gasteiger partial charge in [-0.3, -0.25) is 10.2 Å². The first kappa shape index (κ1) is 37.6. The van der Waals surface area contributed by atoms with E-state index in [0.717, 1.165) is 21.3 Å². The molecule has 3 aromatic rings. The molecule has 248 valence electrons. The Hall–Kier alpha value is -1.86. The van der Waals surface area contributed by atoms with E-state index in [0.29, 0.717) is 27.8 Å². The number of carbonyl (C=O) groups is 1. The highest BCUT2D eigenvalue weighted by Crippen LogP contribution is 2.66. The summed E-state index contributed by atoms with van der Waals surface area (Å²) in [4.78, 5) is 14.7. The molecule has 0 unspecified atom stereocenters. The topological polar surface area (TPSA) is 50.2 Å². The van der Waals surface area contributed by atoms with Gasteiger partial charge in [0.05, 0.1) is 16.4 Å². The number of hydrogen-bond acceptors (Lipinski definition) is 3. The van der Waals surface area contributed by atoms with Gasteiger partial charge < -0.3 is 0 Å². The summed E-state index contributed by atoms with van der Waals surface area (Å²) in [5, 5.41) is 8.24. The minimum absolute atomic E-state index is 0. The molecule has 1 N–H and O–H groups in total. The summed E-state index contributed by atoms with van der Waals surface area (Å²) >= 11 is 16.6. The van der Waals surface area contributed by atoms with Crippen molar-refractivity contribution < 1.29 is 4.79 Å². The number of piperidine rings is 1. The van der Waals surface area contributed by atoms with Crippen molar-refractivity contribution in [2.75, 3.05) is 0 Å². The van der Waals surface area contributed by atoms with Gasteiger partial charge in [0.1, 0.15) is 0 Å². The van der Waals surface area contributed by atoms with Gasteiger partial charge in [-0.25, -0.2) is 9.69 Å². The van der Waals surface area contributed by atoms with Crippen LogP contribution in [0.1, 0.15) is 113 Å². The molecular weight excluding hydrogens is 667 g/mol. The van der Waals surface area contributed by atoms with Crippen molar-refractivity contribution in [1.29, 1.82) is 0 Å². The van der Waals surface area contributed by atoms with Crippen LogP contribution >= 0.6 is 39.1 Å². The maximum Gasteiger partial charge on any atom is 0.286 e. The van der Waals surface area contributed by atoms with Gasteiger partial charge in [-0.2, -0.15) is 5.10 Å². The number of amides is 1. The average molecular weight is 721 g/mol. The number of rotatable bonds is 5. The first-order valence-corrected chi connectivity index (χ1v) is 16.9. The molecule has 1 amide bonds. The van der Waals surface area contributed by atoms with Crippen molar-refractivity contribution in [2.45, 2.75) is 115 Å². The zero-order chi connectivity index (χ0) is 33.4. The molecule has 45 heavy (non-hydrogen) atoms. The largest absolute Gasteiger partial charge is 0.286 e. The molecule has 0 aliphatic carbocycles. The molecule has 5 nitrogen and oxygen atoms in total. The fourth-order valence-electron chi connectivity index (χ4n) is 7.06. The van der Waals surface area contributed by atoms with E-state index in [4.69, 9.17) is 28.3 Å². The lowest BCUT2D eigenvalue weighted by atomic mass is 9.42. The third-order valence-electron chi connectivity index (χ3n) is 11.7. The van der Waals surface area contributed by atoms with Crippen LogP contribution in [0.3, 0.4) is 0 Å². The van der Waals surface area contributed by atoms with Crippen LogP contribution in [0.4, 0.5) is 0 Å². The van der Waals surface area contributed by atoms with Crippen molar-refractivity contribution in [3.63, 3.8) is 0 Å². The van der Waals surface area contributed by atoms with Crippen molar-refractivity contribution in [2.24, 2.45) is 21.7 Å². The summed E-state index contributed by atoms with van der Waals surface area (Å²) in [6.07, 6.45) is 0.628. The molecule has 0 bridgehead atoms. The maximum absolute atomic E-state index is 14.7. The van der Waals surface area contributed by atoms with Crippen LogP contribution in [0.2, 0.25) is 10.0 Å². The molecule has 1 aliphatic heterocycles. The molecule has 4 rings (SSSR count). The number of benzene rings is 2. The molecule has 0 spiro atoms. The van der Waals surface area contributed by atoms with Crippen LogP contribution in [0, 0.1) is 21.7 Å². The number of nitrogens with zero attached hydrogens (tertiary/aromatic N) is 3. The van der Waals surface area contributed by atoms with Crippen molar-refractivity contribution in [3.8, 4) is 16.9 Å². The van der Waals surface area contributed by atoms with Crippen molar-refractivity contribution in [3.05, 3.63) is 68.2 Å². The predicted octanol–water partition coefficient (Wildman–Crippen LogP) is 11.4. The van der Waals surface area contributed by atoms with E-state index in [1.54, 1.807) is 16.8 Å². The third-order valence-corrected chi connectivity index (χ3v) is 12.7. The predicted molar refractivity (Wildman–Crippen MR) is 195 cm³/mol. The van der Waals surface area contributed by atoms with E-state index in [-0.39, 0.29) is 35.0 Å². The van der Waals surface area contributed by atoms with Crippen LogP contribution in [-0.2, 0) is 6.42 Å². The van der Waals surface area contributed by atoms with Crippen LogP contribution < -0.4 is 5.43 Å². The van der Waals surface area contributed by atoms with Crippen LogP contribution in [0.25, 0.3) is 16.9 Å². The van der Waals surface area contributed by atoms with Crippen LogP contribution in [0.15, 0.2) is 46.9 Å². The summed E-state index contributed by atoms with van der Waals surface area (Å²) in [7, 11) is 0. The van der Waals surface area contributed by atoms with Gasteiger partial charge >= 0.3 is 0 Å². The minimum Gasteiger partial charge on any atom is -0.282 e. The molecule has 1 saturated heterocycles. The van der Waals surface area contributed by atoms with E-state index < -0.39 is 11.1 Å². The van der Waals surface area contributed by atoms with Gasteiger partial charge in [-0.1, -0.05) is 121 Å². The standard InChI is InChI=1S/C36H49BrCl2N4O.CH4/c1-31(2,3)21-25-28(30(44)41-43-35(10,11)33(6,7)32(4,5)34(8,9)36(43,12)13)40-42(27-19-18-24(38)20-26(27)39)29(25)22-14-16-23(37)17-15-22;/h14-20H,21H2,1-13H3,(H,41,44);1H4. The first-order valence-electron chi connectivity index (χ1n) is 15.3. The van der Waals surface area contributed by atoms with E-state index >= 15 is 0 Å². The average Bonchev–Trinajstić information content (AvgIpc) is 3.23. The lowest BCUT2D eigenvalue weighted by molar-refractivity contribution is -0.259. The Balaban J connectivity index is 0.00000552. The molecule has 1 fully saturated rings. The highest BCUT2D eigenvalue weighted by atomic mass is 79.9. The summed E-state index contributed by atoms with van der Waals surface area (Å²) in [6.45, 7) is 29.5. The Morgan fingerprint density at radius 2 is 1.36 bits per heavy atom. The highest BCUT2D eigenvalue weighted by molar-refractivity contribution is 9.10. The minimum atomic E-state index is -0.397. The molecule has 2 aromatic carbocycles. The van der Waals surface area contributed by atoms with E-state index in [1.165, 1.54) is 0 Å². The quantitative estimate of drug-likeness (QED) is 0.286. The molecule has 1 aliphatic rings. The summed E-state index contributed by atoms with van der Waals surface area (Å²) in [5.41, 5.74) is 5.80. The molecule has 0 atom stereocenters. The Morgan fingerprint density at radius 3 is 1.82 bits per heavy atom. The van der Waals surface area contributed by atoms with Gasteiger partial charge in [0.25, 0.3) is 5.91 Å². The highest BCUT2D eigenvalue weighted by Gasteiger charge is 2.68. The zero-order valence-corrected chi connectivity index (χ0v) is 31.7. The Morgan fingerprint density at radius 1 is 0.844 bits per heavy atom. The first-order chi connectivity index (χ1) is 19.9. The van der Waals surface area contributed by atoms with Gasteiger partial charge in [-0.15, -0.1) is 0 Å². The van der Waals surface area contributed by atoms with Crippen LogP contribution in [0.5, 0.6) is 0 Å². The van der Waals surface area contributed by atoms with E-state index in [1.807, 2.05) is 30.3 Å². The zero-order valence-electron chi connectivity index (χ0n) is 28.6. The lowest BCUT2D eigenvalue weighted by Crippen LogP contribution is -2.80. The molecule has 8 heteroatoms. The number of halogens is 3. The molecule has 0 radical (unpaired) electrons. The summed E-state index contributed by atoms with van der Waals surface area (Å²) < 4.78 is 2.77. The SMILES string of the molecule is C.CC(C)(C)Cc1c(C(=O)NN2C(C)(C)C(C)(C)C(C)(C)C(C)(C)C2(C)C)nn(-c2ccc(Cl)cc2Cl)c1-c1ccc(Br)cc1. The smallest absolute Gasteiger partial charge is 0.282 e. The molecule has 1 aromatic heterocycles. The summed E-state index contributed by atoms with van der Waals surface area (Å²) in [6, 6.07) is 13.4. The lowest BCUT2D eigenvalue weighted by Gasteiger charge is -2.73. The summed E-state index contributed by atoms with van der Waals surface area (Å²) in [5.74, 6) is -0.237. The van der Waals surface area contributed by atoms with Gasteiger partial charge in [0, 0.05) is 31.7 Å². The number of nitrogens with one attached hydrogen (secondary N) is 1. The van der Waals surface area contributed by atoms with Crippen molar-refractivity contribution in [1.82, 2.24) is 20.2 Å². The maximum atomic E-state index is 14.7. The molecule has 0 saturated carbocycles. The van der Waals surface area contributed by atoms with E-state index in [9.17, 15) is 4.79 Å². The second-order valence-corrected chi connectivity index (χ2v) is 18.0. The second kappa shape index (κ2) is 12.0. The van der Waals surface area contributed by atoms with Crippen molar-refractivity contribution >= 4 is 45.0 Å². The Kier molecular flexibility index (Phi) is 10.0. The normalized spacial score (nSPS) is 19.9. The fourth-order valence-corrected chi connectivity index (χ4v) is 7.82. The number of hydrazine groups is 1. The Labute approximate surface area is 290 Å². The van der Waals surface area contributed by atoms with Crippen LogP contribution in [-0.4, -0.2) is 31.8 Å². The third kappa shape index (κ3) is 6.03. The fraction of sp³-hybridized carbons (Fsp3) is 0.568. The number of hydrogen-bond donors (Lipinski definition) is 1. The monoisotopic (exact) mass is 718 g/mol. The number of aromatic nitrogens is 2. The van der Waals surface area contributed by atoms with Gasteiger partial charge in [-0.05, 0) is 86.1 Å². The van der Waals surface area contributed by atoms with E-state index in [2.05, 4.69) is 116 Å². The Bertz CT molecular complexity index is 1550. The van der Waals surface area contributed by atoms with Gasteiger partial charge in [0.2, 0.25) is 0 Å².